The van der Waals surface area contributed by atoms with Crippen LogP contribution in [0, 0.1) is 5.92 Å². The van der Waals surface area contributed by atoms with Crippen LogP contribution in [0.5, 0.6) is 0 Å². The van der Waals surface area contributed by atoms with Gasteiger partial charge in [-0.3, -0.25) is 8.99 Å². The number of aromatic nitrogens is 2. The molecule has 0 radical (unpaired) electrons. The minimum atomic E-state index is -3.42. The molecule has 0 saturated heterocycles. The van der Waals surface area contributed by atoms with Crippen molar-refractivity contribution < 1.29 is 13.2 Å². The number of hydrogen-bond acceptors (Lipinski definition) is 4. The molecule has 0 saturated carbocycles. The molecule has 110 valence electrons. The number of sulfonamides is 1. The van der Waals surface area contributed by atoms with Crippen molar-refractivity contribution in [1.82, 2.24) is 9.78 Å². The Morgan fingerprint density at radius 2 is 2.11 bits per heavy atom. The molecule has 0 aliphatic carbocycles. The lowest BCUT2D eigenvalue weighted by Crippen LogP contribution is -2.35. The molecule has 1 aromatic rings. The third kappa shape index (κ3) is 4.50. The van der Waals surface area contributed by atoms with Gasteiger partial charge >= 0.3 is 0 Å². The van der Waals surface area contributed by atoms with Crippen LogP contribution < -0.4 is 4.31 Å². The van der Waals surface area contributed by atoms with Gasteiger partial charge in [-0.05, 0) is 12.3 Å². The summed E-state index contributed by atoms with van der Waals surface area (Å²) in [6.07, 6.45) is 2.13. The van der Waals surface area contributed by atoms with Crippen molar-refractivity contribution in [3.8, 4) is 0 Å². The second kappa shape index (κ2) is 6.38. The predicted molar refractivity (Wildman–Crippen MR) is 75.6 cm³/mol. The van der Waals surface area contributed by atoms with E-state index in [1.54, 1.807) is 31.1 Å². The molecule has 0 spiro atoms. The monoisotopic (exact) mass is 289 g/mol. The van der Waals surface area contributed by atoms with Crippen LogP contribution in [0.4, 0.5) is 5.82 Å². The lowest BCUT2D eigenvalue weighted by Gasteiger charge is -2.22. The van der Waals surface area contributed by atoms with Crippen LogP contribution in [0.15, 0.2) is 12.3 Å². The number of hydrogen-bond donors (Lipinski definition) is 0. The van der Waals surface area contributed by atoms with Gasteiger partial charge < -0.3 is 4.74 Å². The van der Waals surface area contributed by atoms with E-state index in [0.29, 0.717) is 18.2 Å². The highest BCUT2D eigenvalue weighted by atomic mass is 32.2. The first-order chi connectivity index (χ1) is 8.76. The minimum absolute atomic E-state index is 0.0330. The number of anilines is 1. The molecule has 0 unspecified atom stereocenters. The van der Waals surface area contributed by atoms with Gasteiger partial charge in [-0.1, -0.05) is 13.8 Å². The topological polar surface area (TPSA) is 64.4 Å². The van der Waals surface area contributed by atoms with Crippen LogP contribution in [0.1, 0.15) is 20.3 Å². The average Bonchev–Trinajstić information content (AvgIpc) is 2.72. The third-order valence-electron chi connectivity index (χ3n) is 2.90. The summed E-state index contributed by atoms with van der Waals surface area (Å²) in [5.74, 6) is 0.775. The van der Waals surface area contributed by atoms with Crippen molar-refractivity contribution >= 4 is 15.8 Å². The van der Waals surface area contributed by atoms with Crippen LogP contribution in [-0.4, -0.2) is 44.2 Å². The Labute approximate surface area is 115 Å². The first-order valence-electron chi connectivity index (χ1n) is 6.25. The molecule has 1 heterocycles. The highest BCUT2D eigenvalue weighted by Crippen LogP contribution is 2.16. The summed E-state index contributed by atoms with van der Waals surface area (Å²) in [5, 5.41) is 4.09. The zero-order valence-electron chi connectivity index (χ0n) is 12.2. The molecular formula is C12H23N3O3S. The van der Waals surface area contributed by atoms with Crippen molar-refractivity contribution in [2.75, 3.05) is 24.2 Å². The largest absolute Gasteiger partial charge is 0.380 e. The van der Waals surface area contributed by atoms with Crippen molar-refractivity contribution in [1.29, 1.82) is 0 Å². The Kier molecular flexibility index (Phi) is 5.37. The SMILES string of the molecule is CO[C@@H](CC(C)C)CS(=O)(=O)N(C)c1ccn(C)n1. The molecule has 0 amide bonds. The van der Waals surface area contributed by atoms with Gasteiger partial charge in [-0.15, -0.1) is 0 Å². The first-order valence-corrected chi connectivity index (χ1v) is 7.86. The maximum absolute atomic E-state index is 12.3. The van der Waals surface area contributed by atoms with Gasteiger partial charge in [-0.2, -0.15) is 5.10 Å². The molecule has 0 bridgehead atoms. The van der Waals surface area contributed by atoms with Crippen LogP contribution in [0.3, 0.4) is 0 Å². The van der Waals surface area contributed by atoms with E-state index in [0.717, 1.165) is 0 Å². The van der Waals surface area contributed by atoms with Gasteiger partial charge in [0.2, 0.25) is 10.0 Å². The molecule has 7 heteroatoms. The molecule has 1 atom stereocenters. The first kappa shape index (κ1) is 16.0. The summed E-state index contributed by atoms with van der Waals surface area (Å²) in [4.78, 5) is 0. The summed E-state index contributed by atoms with van der Waals surface area (Å²) >= 11 is 0. The molecule has 1 aromatic heterocycles. The van der Waals surface area contributed by atoms with Crippen LogP contribution >= 0.6 is 0 Å². The van der Waals surface area contributed by atoms with Crippen molar-refractivity contribution in [3.63, 3.8) is 0 Å². The number of ether oxygens (including phenoxy) is 1. The van der Waals surface area contributed by atoms with E-state index in [4.69, 9.17) is 4.74 Å². The van der Waals surface area contributed by atoms with E-state index in [1.165, 1.54) is 11.4 Å². The van der Waals surface area contributed by atoms with E-state index in [9.17, 15) is 8.42 Å². The lowest BCUT2D eigenvalue weighted by molar-refractivity contribution is 0.102. The standard InChI is InChI=1S/C12H23N3O3S/c1-10(2)8-11(18-5)9-19(16,17)15(4)12-6-7-14(3)13-12/h6-7,10-11H,8-9H2,1-5H3/t11-/m0/s1. The molecule has 6 nitrogen and oxygen atoms in total. The average molecular weight is 289 g/mol. The molecule has 1 rings (SSSR count). The molecular weight excluding hydrogens is 266 g/mol. The predicted octanol–water partition coefficient (Wildman–Crippen LogP) is 1.25. The summed E-state index contributed by atoms with van der Waals surface area (Å²) in [6.45, 7) is 4.09. The summed E-state index contributed by atoms with van der Waals surface area (Å²) in [6, 6.07) is 1.67. The van der Waals surface area contributed by atoms with Gasteiger partial charge in [-0.25, -0.2) is 8.42 Å². The molecule has 0 fully saturated rings. The van der Waals surface area contributed by atoms with E-state index in [-0.39, 0.29) is 11.9 Å². The Balaban J connectivity index is 2.79. The second-order valence-electron chi connectivity index (χ2n) is 5.08. The number of rotatable bonds is 7. The third-order valence-corrected chi connectivity index (χ3v) is 4.72. The normalized spacial score (nSPS) is 13.8. The number of nitrogens with zero attached hydrogens (tertiary/aromatic N) is 3. The maximum atomic E-state index is 12.3. The van der Waals surface area contributed by atoms with Gasteiger partial charge in [0.15, 0.2) is 5.82 Å². The Morgan fingerprint density at radius 1 is 1.47 bits per heavy atom. The smallest absolute Gasteiger partial charge is 0.238 e. The van der Waals surface area contributed by atoms with Crippen molar-refractivity contribution in [3.05, 3.63) is 12.3 Å². The van der Waals surface area contributed by atoms with Gasteiger partial charge in [0.05, 0.1) is 11.9 Å². The highest BCUT2D eigenvalue weighted by molar-refractivity contribution is 7.92. The van der Waals surface area contributed by atoms with E-state index in [1.807, 2.05) is 13.8 Å². The summed E-state index contributed by atoms with van der Waals surface area (Å²) < 4.78 is 32.6. The van der Waals surface area contributed by atoms with Gasteiger partial charge in [0.25, 0.3) is 0 Å². The Hall–Kier alpha value is -1.08. The maximum Gasteiger partial charge on any atom is 0.238 e. The second-order valence-corrected chi connectivity index (χ2v) is 7.13. The van der Waals surface area contributed by atoms with Crippen LogP contribution in [0.25, 0.3) is 0 Å². The highest BCUT2D eigenvalue weighted by Gasteiger charge is 2.25. The fourth-order valence-electron chi connectivity index (χ4n) is 1.82. The van der Waals surface area contributed by atoms with Gasteiger partial charge in [0, 0.05) is 33.5 Å². The zero-order chi connectivity index (χ0) is 14.6. The number of methoxy groups -OCH3 is 1. The molecule has 0 aliphatic rings. The van der Waals surface area contributed by atoms with Crippen molar-refractivity contribution in [2.45, 2.75) is 26.4 Å². The molecule has 19 heavy (non-hydrogen) atoms. The fraction of sp³-hybridized carbons (Fsp3) is 0.750. The van der Waals surface area contributed by atoms with E-state index in [2.05, 4.69) is 5.10 Å². The number of aryl methyl sites for hydroxylation is 1. The zero-order valence-corrected chi connectivity index (χ0v) is 13.0. The summed E-state index contributed by atoms with van der Waals surface area (Å²) in [7, 11) is 1.38. The van der Waals surface area contributed by atoms with E-state index < -0.39 is 10.0 Å². The fourth-order valence-corrected chi connectivity index (χ4v) is 3.17. The summed E-state index contributed by atoms with van der Waals surface area (Å²) in [5.41, 5.74) is 0. The van der Waals surface area contributed by atoms with Gasteiger partial charge in [0.1, 0.15) is 0 Å². The Bertz CT molecular complexity index is 496. The lowest BCUT2D eigenvalue weighted by atomic mass is 10.1. The van der Waals surface area contributed by atoms with Crippen LogP contribution in [0.2, 0.25) is 0 Å². The van der Waals surface area contributed by atoms with Crippen LogP contribution in [-0.2, 0) is 21.8 Å². The van der Waals surface area contributed by atoms with E-state index >= 15 is 0 Å². The molecule has 0 aliphatic heterocycles. The molecule has 0 N–H and O–H groups in total. The van der Waals surface area contributed by atoms with Crippen molar-refractivity contribution in [2.24, 2.45) is 13.0 Å². The molecule has 0 aromatic carbocycles. The minimum Gasteiger partial charge on any atom is -0.380 e. The quantitative estimate of drug-likeness (QED) is 0.758. The Morgan fingerprint density at radius 3 is 2.53 bits per heavy atom.